The predicted molar refractivity (Wildman–Crippen MR) is 61.9 cm³/mol. The molecule has 0 atom stereocenters. The molecule has 1 spiro atoms. The maximum Gasteiger partial charge on any atom is 0.143 e. The maximum atomic E-state index is 12.1. The lowest BCUT2D eigenvalue weighted by atomic mass is 9.57. The molecule has 0 bridgehead atoms. The number of ether oxygens (including phenoxy) is 1. The van der Waals surface area contributed by atoms with Crippen LogP contribution < -0.4 is 4.74 Å². The van der Waals surface area contributed by atoms with E-state index in [9.17, 15) is 4.79 Å². The molecule has 1 aromatic carbocycles. The molecule has 0 heterocycles. The Kier molecular flexibility index (Phi) is 2.06. The van der Waals surface area contributed by atoms with E-state index in [0.717, 1.165) is 31.4 Å². The number of hydrogen-bond acceptors (Lipinski definition) is 2. The smallest absolute Gasteiger partial charge is 0.143 e. The second kappa shape index (κ2) is 3.34. The van der Waals surface area contributed by atoms with Crippen LogP contribution in [-0.2, 0) is 16.6 Å². The van der Waals surface area contributed by atoms with Gasteiger partial charge in [-0.15, -0.1) is 0 Å². The standard InChI is InChI=1S/C14H16O2/c1-16-11-5-3-10-4-6-13(15)14(7-2-8-14)12(10)9-11/h3,5,9H,2,4,6-8H2,1H3. The summed E-state index contributed by atoms with van der Waals surface area (Å²) in [6, 6.07) is 6.20. The molecule has 16 heavy (non-hydrogen) atoms. The average molecular weight is 216 g/mol. The van der Waals surface area contributed by atoms with Crippen molar-refractivity contribution in [3.63, 3.8) is 0 Å². The van der Waals surface area contributed by atoms with Gasteiger partial charge in [-0.2, -0.15) is 0 Å². The number of hydrogen-bond donors (Lipinski definition) is 0. The molecule has 0 aliphatic heterocycles. The maximum absolute atomic E-state index is 12.1. The van der Waals surface area contributed by atoms with E-state index in [0.29, 0.717) is 5.78 Å². The van der Waals surface area contributed by atoms with Crippen molar-refractivity contribution in [1.82, 2.24) is 0 Å². The van der Waals surface area contributed by atoms with E-state index in [1.54, 1.807) is 7.11 Å². The number of ketones is 1. The molecule has 0 radical (unpaired) electrons. The van der Waals surface area contributed by atoms with Gasteiger partial charge < -0.3 is 4.74 Å². The zero-order valence-electron chi connectivity index (χ0n) is 9.58. The van der Waals surface area contributed by atoms with Crippen LogP contribution in [0.25, 0.3) is 0 Å². The number of carbonyl (C=O) groups excluding carboxylic acids is 1. The van der Waals surface area contributed by atoms with Gasteiger partial charge in [-0.05, 0) is 42.5 Å². The van der Waals surface area contributed by atoms with Gasteiger partial charge in [0.2, 0.25) is 0 Å². The summed E-state index contributed by atoms with van der Waals surface area (Å²) in [6.07, 6.45) is 4.87. The fraction of sp³-hybridized carbons (Fsp3) is 0.500. The molecule has 2 aliphatic carbocycles. The summed E-state index contributed by atoms with van der Waals surface area (Å²) < 4.78 is 5.27. The van der Waals surface area contributed by atoms with Crippen LogP contribution in [-0.4, -0.2) is 12.9 Å². The Balaban J connectivity index is 2.14. The van der Waals surface area contributed by atoms with Crippen molar-refractivity contribution in [3.05, 3.63) is 29.3 Å². The highest BCUT2D eigenvalue weighted by Crippen LogP contribution is 2.49. The summed E-state index contributed by atoms with van der Waals surface area (Å²) in [7, 11) is 1.68. The van der Waals surface area contributed by atoms with Gasteiger partial charge in [-0.1, -0.05) is 12.5 Å². The summed E-state index contributed by atoms with van der Waals surface area (Å²) in [5.41, 5.74) is 2.46. The van der Waals surface area contributed by atoms with Crippen LogP contribution in [0.1, 0.15) is 36.8 Å². The summed E-state index contributed by atoms with van der Waals surface area (Å²) in [6.45, 7) is 0. The van der Waals surface area contributed by atoms with Gasteiger partial charge in [0.1, 0.15) is 11.5 Å². The van der Waals surface area contributed by atoms with E-state index in [4.69, 9.17) is 4.74 Å². The molecule has 0 amide bonds. The lowest BCUT2D eigenvalue weighted by Crippen LogP contribution is -2.45. The second-order valence-electron chi connectivity index (χ2n) is 4.88. The molecule has 1 saturated carbocycles. The number of carbonyl (C=O) groups is 1. The first-order chi connectivity index (χ1) is 7.76. The lowest BCUT2D eigenvalue weighted by Gasteiger charge is -2.44. The minimum atomic E-state index is -0.137. The molecule has 1 aromatic rings. The van der Waals surface area contributed by atoms with Gasteiger partial charge in [-0.25, -0.2) is 0 Å². The first-order valence-electron chi connectivity index (χ1n) is 5.97. The fourth-order valence-electron chi connectivity index (χ4n) is 3.06. The molecule has 1 fully saturated rings. The van der Waals surface area contributed by atoms with Crippen LogP contribution in [0.5, 0.6) is 5.75 Å². The topological polar surface area (TPSA) is 26.3 Å². The van der Waals surface area contributed by atoms with E-state index in [1.807, 2.05) is 6.07 Å². The molecular weight excluding hydrogens is 200 g/mol. The Morgan fingerprint density at radius 3 is 2.69 bits per heavy atom. The lowest BCUT2D eigenvalue weighted by molar-refractivity contribution is -0.128. The van der Waals surface area contributed by atoms with Crippen molar-refractivity contribution >= 4 is 5.78 Å². The van der Waals surface area contributed by atoms with Crippen LogP contribution in [0.2, 0.25) is 0 Å². The molecule has 0 aromatic heterocycles. The largest absolute Gasteiger partial charge is 0.497 e. The molecule has 3 rings (SSSR count). The SMILES string of the molecule is COc1ccc2c(c1)C1(CCC1)C(=O)CC2. The van der Waals surface area contributed by atoms with Crippen molar-refractivity contribution < 1.29 is 9.53 Å². The van der Waals surface area contributed by atoms with Crippen molar-refractivity contribution in [2.45, 2.75) is 37.5 Å². The number of fused-ring (bicyclic) bond motifs is 2. The van der Waals surface area contributed by atoms with Crippen molar-refractivity contribution in [3.8, 4) is 5.75 Å². The molecule has 0 unspecified atom stereocenters. The number of aryl methyl sites for hydroxylation is 1. The van der Waals surface area contributed by atoms with E-state index in [1.165, 1.54) is 17.5 Å². The quantitative estimate of drug-likeness (QED) is 0.721. The summed E-state index contributed by atoms with van der Waals surface area (Å²) >= 11 is 0. The third-order valence-corrected chi connectivity index (χ3v) is 4.19. The molecule has 2 nitrogen and oxygen atoms in total. The molecule has 0 saturated heterocycles. The van der Waals surface area contributed by atoms with Gasteiger partial charge in [0.05, 0.1) is 12.5 Å². The van der Waals surface area contributed by atoms with E-state index >= 15 is 0 Å². The first kappa shape index (κ1) is 9.88. The van der Waals surface area contributed by atoms with Crippen LogP contribution >= 0.6 is 0 Å². The van der Waals surface area contributed by atoms with Crippen LogP contribution in [0.3, 0.4) is 0 Å². The third-order valence-electron chi connectivity index (χ3n) is 4.19. The Hall–Kier alpha value is -1.31. The van der Waals surface area contributed by atoms with E-state index in [2.05, 4.69) is 12.1 Å². The van der Waals surface area contributed by atoms with Crippen LogP contribution in [0.15, 0.2) is 18.2 Å². The van der Waals surface area contributed by atoms with Crippen LogP contribution in [0.4, 0.5) is 0 Å². The van der Waals surface area contributed by atoms with Crippen molar-refractivity contribution in [2.24, 2.45) is 0 Å². The van der Waals surface area contributed by atoms with E-state index < -0.39 is 0 Å². The normalized spacial score (nSPS) is 21.4. The van der Waals surface area contributed by atoms with Gasteiger partial charge in [0.15, 0.2) is 0 Å². The minimum absolute atomic E-state index is 0.137. The zero-order valence-corrected chi connectivity index (χ0v) is 9.58. The summed E-state index contributed by atoms with van der Waals surface area (Å²) in [5, 5.41) is 0. The number of Topliss-reactive ketones (excluding diaryl/α,β-unsaturated/α-hetero) is 1. The molecule has 2 heteroatoms. The Labute approximate surface area is 95.6 Å². The zero-order chi connectivity index (χ0) is 11.2. The highest BCUT2D eigenvalue weighted by molar-refractivity contribution is 5.93. The Bertz CT molecular complexity index is 444. The van der Waals surface area contributed by atoms with Gasteiger partial charge in [-0.3, -0.25) is 4.79 Å². The molecule has 84 valence electrons. The van der Waals surface area contributed by atoms with Crippen LogP contribution in [0, 0.1) is 0 Å². The van der Waals surface area contributed by atoms with Gasteiger partial charge >= 0.3 is 0 Å². The second-order valence-corrected chi connectivity index (χ2v) is 4.88. The van der Waals surface area contributed by atoms with Gasteiger partial charge in [0.25, 0.3) is 0 Å². The van der Waals surface area contributed by atoms with E-state index in [-0.39, 0.29) is 5.41 Å². The predicted octanol–water partition coefficient (Wildman–Crippen LogP) is 2.63. The molecule has 0 N–H and O–H groups in total. The molecular formula is C14H16O2. The Morgan fingerprint density at radius 1 is 1.25 bits per heavy atom. The minimum Gasteiger partial charge on any atom is -0.497 e. The highest BCUT2D eigenvalue weighted by atomic mass is 16.5. The monoisotopic (exact) mass is 216 g/mol. The fourth-order valence-corrected chi connectivity index (χ4v) is 3.06. The first-order valence-corrected chi connectivity index (χ1v) is 5.97. The number of benzene rings is 1. The molecule has 2 aliphatic rings. The third kappa shape index (κ3) is 1.16. The van der Waals surface area contributed by atoms with Crippen molar-refractivity contribution in [1.29, 1.82) is 0 Å². The summed E-state index contributed by atoms with van der Waals surface area (Å²) in [4.78, 5) is 12.1. The average Bonchev–Trinajstić information content (AvgIpc) is 2.26. The number of methoxy groups -OCH3 is 1. The Morgan fingerprint density at radius 2 is 2.06 bits per heavy atom. The highest BCUT2D eigenvalue weighted by Gasteiger charge is 2.48. The van der Waals surface area contributed by atoms with Gasteiger partial charge in [0, 0.05) is 6.42 Å². The summed E-state index contributed by atoms with van der Waals surface area (Å²) in [5.74, 6) is 1.32. The van der Waals surface area contributed by atoms with Crippen molar-refractivity contribution in [2.75, 3.05) is 7.11 Å². The number of rotatable bonds is 1.